The number of Topliss-reactive ketones (excluding diaryl/α,β-unsaturated/α-hetero) is 1. The molecule has 3 nitrogen and oxygen atoms in total. The Balaban J connectivity index is 1.48. The van der Waals surface area contributed by atoms with Gasteiger partial charge in [0, 0.05) is 11.0 Å². The predicted octanol–water partition coefficient (Wildman–Crippen LogP) is 8.67. The highest BCUT2D eigenvalue weighted by Gasteiger charge is 2.68. The van der Waals surface area contributed by atoms with E-state index in [1.54, 1.807) is 0 Å². The first-order chi connectivity index (χ1) is 21.2. The van der Waals surface area contributed by atoms with Crippen LogP contribution in [0.15, 0.2) is 150 Å². The van der Waals surface area contributed by atoms with Gasteiger partial charge in [0.05, 0.1) is 18.0 Å². The van der Waals surface area contributed by atoms with Gasteiger partial charge in [-0.15, -0.1) is 0 Å². The van der Waals surface area contributed by atoms with Gasteiger partial charge in [0.25, 0.3) is 0 Å². The summed E-state index contributed by atoms with van der Waals surface area (Å²) in [4.78, 5) is 15.9. The second kappa shape index (κ2) is 10.6. The Labute approximate surface area is 261 Å². The minimum absolute atomic E-state index is 0.0661. The number of hydrogen-bond donors (Lipinski definition) is 0. The molecule has 0 unspecified atom stereocenters. The second-order valence-electron chi connectivity index (χ2n) is 11.7. The van der Waals surface area contributed by atoms with E-state index in [2.05, 4.69) is 159 Å². The van der Waals surface area contributed by atoms with E-state index in [0.29, 0.717) is 0 Å². The molecule has 5 aromatic carbocycles. The van der Waals surface area contributed by atoms with Crippen LogP contribution in [0.5, 0.6) is 0 Å². The third-order valence-corrected chi connectivity index (χ3v) is 10.0. The molecular weight excluding hydrogens is 592 g/mol. The maximum absolute atomic E-state index is 15.9. The van der Waals surface area contributed by atoms with E-state index in [1.165, 1.54) is 11.1 Å². The quantitative estimate of drug-likeness (QED) is 0.196. The number of rotatable bonds is 5. The van der Waals surface area contributed by atoms with Crippen LogP contribution in [0.2, 0.25) is 0 Å². The topological polar surface area (TPSA) is 23.6 Å². The van der Waals surface area contributed by atoms with Crippen molar-refractivity contribution in [2.45, 2.75) is 30.0 Å². The molecule has 0 amide bonds. The van der Waals surface area contributed by atoms with E-state index in [9.17, 15) is 0 Å². The number of carbonyl (C=O) groups excluding carboxylic acids is 1. The molecule has 0 N–H and O–H groups in total. The standard InChI is InChI=1S/C39H31BrN2O/c40-32-23-21-30(22-24-32)37-35(28-15-7-2-8-16-28)38(43)39(31-19-11-4-12-20-31)36(29-17-9-3-10-18-29)34(27-13-5-1-6-14-27)33-25-26-41(37)42(33)39/h1-24,33,35,37H,25-26H2/t33-,35-,37-,39-/m1/s1. The summed E-state index contributed by atoms with van der Waals surface area (Å²) in [7, 11) is 0. The van der Waals surface area contributed by atoms with Crippen LogP contribution in [0.25, 0.3) is 11.1 Å². The number of hydrazine groups is 1. The highest BCUT2D eigenvalue weighted by atomic mass is 79.9. The van der Waals surface area contributed by atoms with Crippen molar-refractivity contribution >= 4 is 32.9 Å². The molecule has 0 spiro atoms. The first-order valence-corrected chi connectivity index (χ1v) is 15.8. The number of carbonyl (C=O) groups is 1. The molecule has 0 bridgehead atoms. The van der Waals surface area contributed by atoms with Crippen molar-refractivity contribution in [1.29, 1.82) is 0 Å². The highest BCUT2D eigenvalue weighted by molar-refractivity contribution is 9.10. The van der Waals surface area contributed by atoms with Crippen molar-refractivity contribution in [2.75, 3.05) is 6.54 Å². The SMILES string of the molecule is O=C1[C@H](c2ccccc2)[C@@H](c2ccc(Br)cc2)N2CC[C@@H]3C(c4ccccc4)=C(c4ccccc4)[C@@]1(c1ccccc1)N32. The lowest BCUT2D eigenvalue weighted by Gasteiger charge is -2.54. The lowest BCUT2D eigenvalue weighted by Crippen LogP contribution is -2.64. The van der Waals surface area contributed by atoms with E-state index in [1.807, 2.05) is 12.1 Å². The van der Waals surface area contributed by atoms with Crippen molar-refractivity contribution in [3.05, 3.63) is 178 Å². The van der Waals surface area contributed by atoms with Crippen molar-refractivity contribution in [3.8, 4) is 0 Å². The third-order valence-electron chi connectivity index (χ3n) is 9.50. The largest absolute Gasteiger partial charge is 0.296 e. The molecular formula is C39H31BrN2O. The molecule has 0 saturated carbocycles. The normalized spacial score (nSPS) is 25.2. The summed E-state index contributed by atoms with van der Waals surface area (Å²) in [6, 6.07) is 50.8. The van der Waals surface area contributed by atoms with E-state index < -0.39 is 5.54 Å². The maximum atomic E-state index is 15.9. The number of benzene rings is 5. The molecule has 8 rings (SSSR count). The summed E-state index contributed by atoms with van der Waals surface area (Å²) >= 11 is 3.64. The Morgan fingerprint density at radius 1 is 0.628 bits per heavy atom. The van der Waals surface area contributed by atoms with E-state index in [0.717, 1.165) is 45.3 Å². The molecule has 3 aliphatic rings. The molecule has 0 aliphatic carbocycles. The van der Waals surface area contributed by atoms with Crippen molar-refractivity contribution in [2.24, 2.45) is 0 Å². The highest BCUT2D eigenvalue weighted by Crippen LogP contribution is 2.64. The molecule has 5 aromatic rings. The lowest BCUT2D eigenvalue weighted by molar-refractivity contribution is -0.165. The molecule has 3 aliphatic heterocycles. The Kier molecular flexibility index (Phi) is 6.52. The minimum Gasteiger partial charge on any atom is -0.296 e. The Bertz CT molecular complexity index is 1810. The maximum Gasteiger partial charge on any atom is 0.172 e. The molecule has 0 radical (unpaired) electrons. The molecule has 210 valence electrons. The lowest BCUT2D eigenvalue weighted by atomic mass is 9.67. The second-order valence-corrected chi connectivity index (χ2v) is 12.6. The van der Waals surface area contributed by atoms with Gasteiger partial charge in [0.15, 0.2) is 5.78 Å². The summed E-state index contributed by atoms with van der Waals surface area (Å²) in [5.74, 6) is -0.142. The average molecular weight is 624 g/mol. The van der Waals surface area contributed by atoms with Crippen LogP contribution < -0.4 is 0 Å². The molecule has 4 atom stereocenters. The van der Waals surface area contributed by atoms with Crippen LogP contribution >= 0.6 is 15.9 Å². The molecule has 0 aromatic heterocycles. The molecule has 2 fully saturated rings. The molecule has 3 heterocycles. The first-order valence-electron chi connectivity index (χ1n) is 15.0. The van der Waals surface area contributed by atoms with E-state index >= 15 is 4.79 Å². The van der Waals surface area contributed by atoms with Gasteiger partial charge in [-0.25, -0.2) is 10.0 Å². The summed E-state index contributed by atoms with van der Waals surface area (Å²) in [5, 5.41) is 5.03. The fourth-order valence-electron chi connectivity index (χ4n) is 7.92. The summed E-state index contributed by atoms with van der Waals surface area (Å²) in [6.07, 6.45) is 0.941. The zero-order valence-corrected chi connectivity index (χ0v) is 25.3. The van der Waals surface area contributed by atoms with Crippen LogP contribution in [0, 0.1) is 0 Å². The zero-order chi connectivity index (χ0) is 29.0. The van der Waals surface area contributed by atoms with Crippen LogP contribution in [-0.2, 0) is 10.3 Å². The van der Waals surface area contributed by atoms with Crippen molar-refractivity contribution in [1.82, 2.24) is 10.0 Å². The smallest absolute Gasteiger partial charge is 0.172 e. The number of ketones is 1. The number of halogens is 1. The van der Waals surface area contributed by atoms with Crippen molar-refractivity contribution < 1.29 is 4.79 Å². The predicted molar refractivity (Wildman–Crippen MR) is 176 cm³/mol. The van der Waals surface area contributed by atoms with Gasteiger partial charge in [0.1, 0.15) is 5.54 Å². The zero-order valence-electron chi connectivity index (χ0n) is 23.7. The van der Waals surface area contributed by atoms with Crippen LogP contribution in [-0.4, -0.2) is 28.4 Å². The van der Waals surface area contributed by atoms with Gasteiger partial charge < -0.3 is 0 Å². The van der Waals surface area contributed by atoms with Gasteiger partial charge in [0.2, 0.25) is 0 Å². The van der Waals surface area contributed by atoms with Gasteiger partial charge in [-0.05, 0) is 57.5 Å². The van der Waals surface area contributed by atoms with Crippen LogP contribution in [0.3, 0.4) is 0 Å². The Morgan fingerprint density at radius 2 is 1.19 bits per heavy atom. The summed E-state index contributed by atoms with van der Waals surface area (Å²) < 4.78 is 1.04. The minimum atomic E-state index is -0.985. The van der Waals surface area contributed by atoms with Gasteiger partial charge in [-0.3, -0.25) is 4.79 Å². The third kappa shape index (κ3) is 3.97. The van der Waals surface area contributed by atoms with Crippen molar-refractivity contribution in [3.63, 3.8) is 0 Å². The monoisotopic (exact) mass is 622 g/mol. The van der Waals surface area contributed by atoms with Crippen LogP contribution in [0.4, 0.5) is 0 Å². The first kappa shape index (κ1) is 26.5. The molecule has 4 heteroatoms. The summed E-state index contributed by atoms with van der Waals surface area (Å²) in [6.45, 7) is 0.870. The summed E-state index contributed by atoms with van der Waals surface area (Å²) in [5.41, 5.74) is 6.90. The Morgan fingerprint density at radius 3 is 1.81 bits per heavy atom. The average Bonchev–Trinajstić information content (AvgIpc) is 3.64. The Hall–Kier alpha value is -4.09. The van der Waals surface area contributed by atoms with Gasteiger partial charge in [-0.2, -0.15) is 0 Å². The number of hydrogen-bond acceptors (Lipinski definition) is 3. The van der Waals surface area contributed by atoms with Crippen LogP contribution in [0.1, 0.15) is 46.2 Å². The number of nitrogens with zero attached hydrogens (tertiary/aromatic N) is 2. The molecule has 43 heavy (non-hydrogen) atoms. The van der Waals surface area contributed by atoms with E-state index in [4.69, 9.17) is 0 Å². The molecule has 2 saturated heterocycles. The van der Waals surface area contributed by atoms with Gasteiger partial charge in [-0.1, -0.05) is 149 Å². The fraction of sp³-hybridized carbons (Fsp3) is 0.154. The fourth-order valence-corrected chi connectivity index (χ4v) is 8.19. The van der Waals surface area contributed by atoms with Gasteiger partial charge >= 0.3 is 0 Å². The van der Waals surface area contributed by atoms with E-state index in [-0.39, 0.29) is 23.8 Å².